The van der Waals surface area contributed by atoms with Crippen LogP contribution in [0.15, 0.2) is 146 Å². The van der Waals surface area contributed by atoms with Crippen molar-refractivity contribution in [3.63, 3.8) is 0 Å². The molecule has 0 aliphatic rings. The van der Waals surface area contributed by atoms with Crippen LogP contribution in [0.25, 0.3) is 32.7 Å². The smallest absolute Gasteiger partial charge is 0.126 e. The normalized spacial score (nSPS) is 12.1. The Balaban J connectivity index is 1.61. The van der Waals surface area contributed by atoms with Crippen molar-refractivity contribution in [2.45, 2.75) is 10.3 Å². The van der Waals surface area contributed by atoms with Crippen molar-refractivity contribution in [1.82, 2.24) is 0 Å². The van der Waals surface area contributed by atoms with E-state index in [0.29, 0.717) is 68.1 Å². The third-order valence-corrected chi connectivity index (χ3v) is 12.2. The van der Waals surface area contributed by atoms with E-state index in [1.807, 2.05) is 12.1 Å². The van der Waals surface area contributed by atoms with Crippen LogP contribution < -0.4 is 0 Å². The summed E-state index contributed by atoms with van der Waals surface area (Å²) in [5.74, 6) is -7.54. The summed E-state index contributed by atoms with van der Waals surface area (Å²) in [6.45, 7) is 0. The predicted octanol–water partition coefficient (Wildman–Crippen LogP) is 13.1. The van der Waals surface area contributed by atoms with Gasteiger partial charge in [-0.15, -0.1) is 18.5 Å². The maximum Gasteiger partial charge on any atom is 0.126 e. The highest BCUT2D eigenvalue weighted by Crippen LogP contribution is 2.56. The SMILES string of the molecule is Fc1cc(F)cc(C(P)(c2cc(F)cc(F)c2)c2ccc3ccccc3c2-c2c(C(P)(c3cc(F)cc(F)c3)c3cc(F)cc(F)c3)ccc3ccccc23)c1. The third-order valence-electron chi connectivity index (χ3n) is 10.2. The largest absolute Gasteiger partial charge is 0.207 e. The van der Waals surface area contributed by atoms with Crippen LogP contribution in [-0.2, 0) is 10.3 Å². The van der Waals surface area contributed by atoms with E-state index in [9.17, 15) is 0 Å². The second kappa shape index (κ2) is 14.3. The molecule has 0 fully saturated rings. The molecule has 0 nitrogen and oxygen atoms in total. The summed E-state index contributed by atoms with van der Waals surface area (Å²) >= 11 is 0. The lowest BCUT2D eigenvalue weighted by atomic mass is 9.74. The second-order valence-electron chi connectivity index (χ2n) is 13.7. The second-order valence-corrected chi connectivity index (χ2v) is 15.4. The van der Waals surface area contributed by atoms with Gasteiger partial charge < -0.3 is 0 Å². The zero-order valence-electron chi connectivity index (χ0n) is 29.0. The molecule has 278 valence electrons. The minimum absolute atomic E-state index is 0.0140. The van der Waals surface area contributed by atoms with Gasteiger partial charge >= 0.3 is 0 Å². The van der Waals surface area contributed by atoms with Gasteiger partial charge in [0.15, 0.2) is 0 Å². The molecule has 0 radical (unpaired) electrons. The van der Waals surface area contributed by atoms with Crippen molar-refractivity contribution in [3.8, 4) is 11.1 Å². The Morgan fingerprint density at radius 3 is 0.821 bits per heavy atom. The van der Waals surface area contributed by atoms with Gasteiger partial charge in [0.05, 0.1) is 10.3 Å². The van der Waals surface area contributed by atoms with E-state index in [2.05, 4.69) is 18.5 Å². The lowest BCUT2D eigenvalue weighted by molar-refractivity contribution is 0.570. The van der Waals surface area contributed by atoms with Gasteiger partial charge in [-0.05, 0) is 115 Å². The van der Waals surface area contributed by atoms with E-state index in [4.69, 9.17) is 0 Å². The summed E-state index contributed by atoms with van der Waals surface area (Å²) in [6.07, 6.45) is 0. The summed E-state index contributed by atoms with van der Waals surface area (Å²) in [4.78, 5) is 0. The molecule has 0 aliphatic heterocycles. The van der Waals surface area contributed by atoms with E-state index in [1.165, 1.54) is 0 Å². The Bertz CT molecular complexity index is 2480. The summed E-state index contributed by atoms with van der Waals surface area (Å²) in [7, 11) is 5.14. The third kappa shape index (κ3) is 6.45. The number of halogens is 8. The number of hydrogen-bond acceptors (Lipinski definition) is 0. The van der Waals surface area contributed by atoms with Crippen LogP contribution in [0.3, 0.4) is 0 Å². The lowest BCUT2D eigenvalue weighted by Crippen LogP contribution is -2.26. The van der Waals surface area contributed by atoms with Crippen molar-refractivity contribution < 1.29 is 35.1 Å². The molecule has 0 heterocycles. The highest BCUT2D eigenvalue weighted by Gasteiger charge is 2.41. The molecule has 0 aliphatic carbocycles. The monoisotopic (exact) mass is 794 g/mol. The van der Waals surface area contributed by atoms with Crippen LogP contribution in [0.2, 0.25) is 0 Å². The van der Waals surface area contributed by atoms with Gasteiger partial charge in [0.2, 0.25) is 0 Å². The molecule has 56 heavy (non-hydrogen) atoms. The maximum atomic E-state index is 15.2. The van der Waals surface area contributed by atoms with Crippen molar-refractivity contribution in [3.05, 3.63) is 226 Å². The molecule has 0 amide bonds. The minimum Gasteiger partial charge on any atom is -0.207 e. The van der Waals surface area contributed by atoms with Crippen molar-refractivity contribution in [2.75, 3.05) is 0 Å². The van der Waals surface area contributed by atoms with Gasteiger partial charge in [-0.1, -0.05) is 72.8 Å². The van der Waals surface area contributed by atoms with Gasteiger partial charge in [0.1, 0.15) is 46.5 Å². The first kappa shape index (κ1) is 37.5. The molecule has 2 unspecified atom stereocenters. The Morgan fingerprint density at radius 1 is 0.304 bits per heavy atom. The summed E-state index contributed by atoms with van der Waals surface area (Å²) in [6, 6.07) is 32.7. The molecular formula is C46H28F8P2. The molecule has 0 saturated heterocycles. The first-order chi connectivity index (χ1) is 26.7. The zero-order chi connectivity index (χ0) is 39.5. The van der Waals surface area contributed by atoms with E-state index < -0.39 is 56.8 Å². The molecule has 8 aromatic carbocycles. The molecule has 0 bridgehead atoms. The fraction of sp³-hybridized carbons (Fsp3) is 0.0435. The Kier molecular flexibility index (Phi) is 9.55. The van der Waals surface area contributed by atoms with Gasteiger partial charge in [-0.3, -0.25) is 0 Å². The molecule has 10 heteroatoms. The van der Waals surface area contributed by atoms with E-state index in [0.717, 1.165) is 48.5 Å². The first-order valence-corrected chi connectivity index (χ1v) is 18.4. The van der Waals surface area contributed by atoms with Gasteiger partial charge in [-0.25, -0.2) is 35.1 Å². The van der Waals surface area contributed by atoms with Crippen LogP contribution in [0.5, 0.6) is 0 Å². The van der Waals surface area contributed by atoms with Crippen LogP contribution >= 0.6 is 18.5 Å². The summed E-state index contributed by atoms with van der Waals surface area (Å²) < 4.78 is 122. The molecule has 0 saturated carbocycles. The number of hydrogen-bond donors (Lipinski definition) is 0. The Hall–Kier alpha value is -5.42. The fourth-order valence-electron chi connectivity index (χ4n) is 7.82. The van der Waals surface area contributed by atoms with Crippen LogP contribution in [0, 0.1) is 46.5 Å². The van der Waals surface area contributed by atoms with Crippen LogP contribution in [-0.4, -0.2) is 0 Å². The average Bonchev–Trinajstić information content (AvgIpc) is 3.15. The van der Waals surface area contributed by atoms with Crippen molar-refractivity contribution in [1.29, 1.82) is 0 Å². The van der Waals surface area contributed by atoms with E-state index in [-0.39, 0.29) is 22.3 Å². The van der Waals surface area contributed by atoms with E-state index in [1.54, 1.807) is 60.7 Å². The summed E-state index contributed by atoms with van der Waals surface area (Å²) in [5, 5.41) is -1.02. The minimum atomic E-state index is -1.78. The number of benzene rings is 8. The number of rotatable bonds is 7. The highest BCUT2D eigenvalue weighted by molar-refractivity contribution is 7.19. The molecule has 8 aromatic rings. The molecule has 0 spiro atoms. The summed E-state index contributed by atoms with van der Waals surface area (Å²) in [5.41, 5.74) is 1.35. The fourth-order valence-corrected chi connectivity index (χ4v) is 8.97. The molecule has 0 N–H and O–H groups in total. The number of fused-ring (bicyclic) bond motifs is 2. The van der Waals surface area contributed by atoms with Crippen LogP contribution in [0.4, 0.5) is 35.1 Å². The van der Waals surface area contributed by atoms with E-state index >= 15 is 35.1 Å². The molecule has 8 rings (SSSR count). The topological polar surface area (TPSA) is 0 Å². The zero-order valence-corrected chi connectivity index (χ0v) is 31.3. The Labute approximate surface area is 321 Å². The quantitative estimate of drug-likeness (QED) is 0.0856. The van der Waals surface area contributed by atoms with Crippen LogP contribution in [0.1, 0.15) is 33.4 Å². The standard InChI is InChI=1S/C46H28F8P2/c47-31-13-27(14-32(48)21-31)45(55,28-15-33(49)22-34(50)16-28)41-11-9-25-5-1-3-7-39(25)43(41)44-40-8-4-2-6-26(40)10-12-42(44)46(56,29-17-35(51)23-36(52)18-29)30-19-37(53)24-38(54)20-30/h1-24H,55-56H2. The molecule has 2 atom stereocenters. The van der Waals surface area contributed by atoms with Crippen molar-refractivity contribution >= 4 is 40.0 Å². The highest BCUT2D eigenvalue weighted by atomic mass is 31.0. The Morgan fingerprint density at radius 2 is 0.554 bits per heavy atom. The predicted molar refractivity (Wildman–Crippen MR) is 212 cm³/mol. The van der Waals surface area contributed by atoms with Gasteiger partial charge in [0.25, 0.3) is 0 Å². The molecule has 0 aromatic heterocycles. The van der Waals surface area contributed by atoms with Gasteiger partial charge in [0, 0.05) is 24.3 Å². The average molecular weight is 795 g/mol. The maximum absolute atomic E-state index is 15.2. The van der Waals surface area contributed by atoms with Gasteiger partial charge in [-0.2, -0.15) is 0 Å². The first-order valence-electron chi connectivity index (χ1n) is 17.2. The lowest BCUT2D eigenvalue weighted by Gasteiger charge is -2.38. The molecular weight excluding hydrogens is 766 g/mol. The van der Waals surface area contributed by atoms with Crippen molar-refractivity contribution in [2.24, 2.45) is 0 Å².